The molecule has 0 atom stereocenters. The number of ether oxygens (including phenoxy) is 1. The molecule has 1 aliphatic rings. The van der Waals surface area contributed by atoms with Crippen LogP contribution in [0.3, 0.4) is 0 Å². The molecule has 8 nitrogen and oxygen atoms in total. The third-order valence-corrected chi connectivity index (χ3v) is 6.51. The van der Waals surface area contributed by atoms with Crippen LogP contribution in [0, 0.1) is 0 Å². The Morgan fingerprint density at radius 3 is 2.76 bits per heavy atom. The molecule has 0 radical (unpaired) electrons. The fraction of sp³-hybridized carbons (Fsp3) is 0.500. The molecule has 0 aliphatic carbocycles. The van der Waals surface area contributed by atoms with Crippen LogP contribution in [0.15, 0.2) is 22.6 Å². The number of rotatable bonds is 5. The van der Waals surface area contributed by atoms with Crippen LogP contribution in [-0.2, 0) is 26.0 Å². The summed E-state index contributed by atoms with van der Waals surface area (Å²) in [5.41, 5.74) is 1.63. The van der Waals surface area contributed by atoms with Gasteiger partial charge in [-0.05, 0) is 44.1 Å². The van der Waals surface area contributed by atoms with Crippen LogP contribution in [0.25, 0.3) is 11.1 Å². The van der Waals surface area contributed by atoms with Crippen molar-refractivity contribution in [2.45, 2.75) is 24.2 Å². The number of carbonyl (C=O) groups is 1. The number of hydrogen-bond acceptors (Lipinski definition) is 7. The number of hydrogen-bond donors (Lipinski definition) is 2. The second-order valence-electron chi connectivity index (χ2n) is 6.19. The summed E-state index contributed by atoms with van der Waals surface area (Å²) in [5.74, 6) is -0.0663. The predicted molar refractivity (Wildman–Crippen MR) is 93.0 cm³/mol. The van der Waals surface area contributed by atoms with Gasteiger partial charge in [0.2, 0.25) is 11.8 Å². The van der Waals surface area contributed by atoms with Gasteiger partial charge in [-0.25, -0.2) is 13.4 Å². The molecule has 0 saturated carbocycles. The number of nitrogens with zero attached hydrogens (tertiary/aromatic N) is 1. The lowest BCUT2D eigenvalue weighted by atomic mass is 9.95. The molecule has 2 N–H and O–H groups in total. The van der Waals surface area contributed by atoms with Gasteiger partial charge >= 0.3 is 0 Å². The minimum absolute atomic E-state index is 0.251. The predicted octanol–water partition coefficient (Wildman–Crippen LogP) is 1.08. The van der Waals surface area contributed by atoms with Gasteiger partial charge in [-0.2, -0.15) is 0 Å². The van der Waals surface area contributed by atoms with Gasteiger partial charge in [0, 0.05) is 19.1 Å². The second kappa shape index (κ2) is 6.74. The van der Waals surface area contributed by atoms with Crippen LogP contribution in [0.1, 0.15) is 18.7 Å². The van der Waals surface area contributed by atoms with Crippen molar-refractivity contribution in [2.24, 2.45) is 0 Å². The Hall–Kier alpha value is -1.97. The molecule has 1 aromatic carbocycles. The van der Waals surface area contributed by atoms with E-state index < -0.39 is 20.5 Å². The summed E-state index contributed by atoms with van der Waals surface area (Å²) in [6.07, 6.45) is 1.62. The largest absolute Gasteiger partial charge is 0.438 e. The number of piperidine rings is 1. The average Bonchev–Trinajstić information content (AvgIpc) is 2.96. The van der Waals surface area contributed by atoms with Gasteiger partial charge in [-0.15, -0.1) is 0 Å². The monoisotopic (exact) mass is 367 g/mol. The number of oxazole rings is 1. The van der Waals surface area contributed by atoms with E-state index in [4.69, 9.17) is 9.15 Å². The number of methoxy groups -OCH3 is 1. The Morgan fingerprint density at radius 2 is 2.12 bits per heavy atom. The lowest BCUT2D eigenvalue weighted by Gasteiger charge is -2.34. The number of anilines is 1. The SMILES string of the molecule is COCc1nc2cc(NC(=O)C3(S(C)(=O)=O)CCNCC3)ccc2o1. The maximum atomic E-state index is 12.8. The second-order valence-corrected chi connectivity index (χ2v) is 8.52. The van der Waals surface area contributed by atoms with Crippen molar-refractivity contribution in [1.82, 2.24) is 10.3 Å². The van der Waals surface area contributed by atoms with Crippen LogP contribution >= 0.6 is 0 Å². The fourth-order valence-corrected chi connectivity index (χ4v) is 4.41. The smallest absolute Gasteiger partial charge is 0.245 e. The first kappa shape index (κ1) is 17.8. The number of nitrogens with one attached hydrogen (secondary N) is 2. The summed E-state index contributed by atoms with van der Waals surface area (Å²) in [4.78, 5) is 17.1. The van der Waals surface area contributed by atoms with Gasteiger partial charge in [-0.3, -0.25) is 4.79 Å². The maximum Gasteiger partial charge on any atom is 0.245 e. The molecule has 25 heavy (non-hydrogen) atoms. The zero-order chi connectivity index (χ0) is 18.1. The number of sulfone groups is 1. The molecule has 2 aromatic rings. The lowest BCUT2D eigenvalue weighted by Crippen LogP contribution is -2.55. The summed E-state index contributed by atoms with van der Waals surface area (Å²) < 4.78 is 33.7. The van der Waals surface area contributed by atoms with Crippen molar-refractivity contribution in [3.63, 3.8) is 0 Å². The summed E-state index contributed by atoms with van der Waals surface area (Å²) in [5, 5.41) is 5.82. The Morgan fingerprint density at radius 1 is 1.40 bits per heavy atom. The molecular formula is C16H21N3O5S. The van der Waals surface area contributed by atoms with Crippen molar-refractivity contribution in [3.05, 3.63) is 24.1 Å². The first-order valence-electron chi connectivity index (χ1n) is 7.96. The van der Waals surface area contributed by atoms with E-state index in [9.17, 15) is 13.2 Å². The molecule has 0 bridgehead atoms. The highest BCUT2D eigenvalue weighted by molar-refractivity contribution is 7.92. The number of benzene rings is 1. The number of amides is 1. The highest BCUT2D eigenvalue weighted by atomic mass is 32.2. The maximum absolute atomic E-state index is 12.8. The summed E-state index contributed by atoms with van der Waals surface area (Å²) >= 11 is 0. The standard InChI is InChI=1S/C16H21N3O5S/c1-23-10-14-19-12-9-11(3-4-13(12)24-14)18-15(20)16(25(2,21)22)5-7-17-8-6-16/h3-4,9,17H,5-8,10H2,1-2H3,(H,18,20). The van der Waals surface area contributed by atoms with Crippen LogP contribution in [0.5, 0.6) is 0 Å². The third kappa shape index (κ3) is 3.39. The minimum atomic E-state index is -3.56. The number of carbonyl (C=O) groups excluding carboxylic acids is 1. The normalized spacial score (nSPS) is 17.5. The van der Waals surface area contributed by atoms with Crippen molar-refractivity contribution < 1.29 is 22.4 Å². The van der Waals surface area contributed by atoms with Crippen molar-refractivity contribution in [3.8, 4) is 0 Å². The van der Waals surface area contributed by atoms with E-state index >= 15 is 0 Å². The van der Waals surface area contributed by atoms with Crippen molar-refractivity contribution in [1.29, 1.82) is 0 Å². The topological polar surface area (TPSA) is 111 Å². The van der Waals surface area contributed by atoms with E-state index in [1.165, 1.54) is 0 Å². The molecule has 0 spiro atoms. The van der Waals surface area contributed by atoms with E-state index in [0.29, 0.717) is 35.8 Å². The Bertz CT molecular complexity index is 884. The molecule has 1 amide bonds. The first-order valence-corrected chi connectivity index (χ1v) is 9.85. The van der Waals surface area contributed by atoms with Gasteiger partial charge in [0.15, 0.2) is 20.2 Å². The summed E-state index contributed by atoms with van der Waals surface area (Å²) in [7, 11) is -2.01. The summed E-state index contributed by atoms with van der Waals surface area (Å²) in [6, 6.07) is 5.01. The van der Waals surface area contributed by atoms with Crippen LogP contribution in [0.4, 0.5) is 5.69 Å². The molecule has 136 valence electrons. The van der Waals surface area contributed by atoms with E-state index in [-0.39, 0.29) is 19.4 Å². The molecule has 9 heteroatoms. The van der Waals surface area contributed by atoms with Gasteiger partial charge in [-0.1, -0.05) is 0 Å². The molecular weight excluding hydrogens is 346 g/mol. The van der Waals surface area contributed by atoms with Crippen LogP contribution < -0.4 is 10.6 Å². The fourth-order valence-electron chi connectivity index (χ4n) is 3.08. The highest BCUT2D eigenvalue weighted by Crippen LogP contribution is 2.30. The number of fused-ring (bicyclic) bond motifs is 1. The van der Waals surface area contributed by atoms with Gasteiger partial charge in [0.05, 0.1) is 0 Å². The third-order valence-electron chi connectivity index (χ3n) is 4.49. The zero-order valence-electron chi connectivity index (χ0n) is 14.2. The Labute approximate surface area is 145 Å². The van der Waals surface area contributed by atoms with Gasteiger partial charge in [0.1, 0.15) is 12.1 Å². The molecule has 1 fully saturated rings. The molecule has 1 saturated heterocycles. The minimum Gasteiger partial charge on any atom is -0.438 e. The molecule has 1 aliphatic heterocycles. The zero-order valence-corrected chi connectivity index (χ0v) is 15.0. The van der Waals surface area contributed by atoms with E-state index in [1.807, 2.05) is 0 Å². The lowest BCUT2D eigenvalue weighted by molar-refractivity contribution is -0.119. The van der Waals surface area contributed by atoms with Crippen LogP contribution in [0.2, 0.25) is 0 Å². The van der Waals surface area contributed by atoms with E-state index in [0.717, 1.165) is 6.26 Å². The van der Waals surface area contributed by atoms with Crippen molar-refractivity contribution in [2.75, 3.05) is 31.8 Å². The van der Waals surface area contributed by atoms with E-state index in [2.05, 4.69) is 15.6 Å². The van der Waals surface area contributed by atoms with Gasteiger partial charge < -0.3 is 19.8 Å². The highest BCUT2D eigenvalue weighted by Gasteiger charge is 2.48. The molecule has 3 rings (SSSR count). The first-order chi connectivity index (χ1) is 11.9. The molecule has 2 heterocycles. The quantitative estimate of drug-likeness (QED) is 0.813. The van der Waals surface area contributed by atoms with Crippen LogP contribution in [-0.4, -0.2) is 50.5 Å². The Balaban J connectivity index is 1.87. The molecule has 1 aromatic heterocycles. The number of aromatic nitrogens is 1. The summed E-state index contributed by atoms with van der Waals surface area (Å²) in [6.45, 7) is 1.23. The van der Waals surface area contributed by atoms with Crippen molar-refractivity contribution >= 4 is 32.5 Å². The Kier molecular flexibility index (Phi) is 4.81. The molecule has 0 unspecified atom stereocenters. The van der Waals surface area contributed by atoms with E-state index in [1.54, 1.807) is 25.3 Å². The van der Waals surface area contributed by atoms with Gasteiger partial charge in [0.25, 0.3) is 0 Å². The average molecular weight is 367 g/mol.